The molecule has 0 unspecified atom stereocenters. The number of hydrogen-bond acceptors (Lipinski definition) is 8. The average Bonchev–Trinajstić information content (AvgIpc) is 3.35. The van der Waals surface area contributed by atoms with Crippen molar-refractivity contribution in [3.05, 3.63) is 21.7 Å². The number of esters is 1. The fraction of sp³-hybridized carbons (Fsp3) is 0.741. The molecule has 202 valence electrons. The molecule has 2 saturated heterocycles. The van der Waals surface area contributed by atoms with Crippen molar-refractivity contribution in [2.45, 2.75) is 104 Å². The van der Waals surface area contributed by atoms with Crippen molar-refractivity contribution < 1.29 is 33.7 Å². The number of thiazole rings is 1. The molecule has 0 radical (unpaired) electrons. The number of carbonyl (C=O) groups is 2. The summed E-state index contributed by atoms with van der Waals surface area (Å²) in [6.45, 7) is 9.78. The molecule has 3 rings (SSSR count). The molecule has 0 aromatic carbocycles. The third-order valence-electron chi connectivity index (χ3n) is 7.95. The molecule has 0 amide bonds. The Labute approximate surface area is 217 Å². The number of Topliss-reactive ketones (excluding diaryl/α,β-unsaturated/α-hetero) is 1. The summed E-state index contributed by atoms with van der Waals surface area (Å²) in [4.78, 5) is 30.6. The van der Waals surface area contributed by atoms with Crippen LogP contribution in [0, 0.1) is 24.2 Å². The van der Waals surface area contributed by atoms with E-state index in [1.807, 2.05) is 32.2 Å². The lowest BCUT2D eigenvalue weighted by atomic mass is 9.73. The Morgan fingerprint density at radius 1 is 1.31 bits per heavy atom. The molecular formula is C27H40FNO6S. The molecule has 7 nitrogen and oxygen atoms in total. The molecule has 0 saturated carbocycles. The van der Waals surface area contributed by atoms with E-state index >= 15 is 0 Å². The third-order valence-corrected chi connectivity index (χ3v) is 8.74. The molecule has 0 aliphatic carbocycles. The van der Waals surface area contributed by atoms with Crippen molar-refractivity contribution in [2.75, 3.05) is 6.67 Å². The van der Waals surface area contributed by atoms with Crippen molar-refractivity contribution in [3.8, 4) is 0 Å². The van der Waals surface area contributed by atoms with Gasteiger partial charge in [-0.3, -0.25) is 9.59 Å². The second kappa shape index (κ2) is 11.4. The van der Waals surface area contributed by atoms with Gasteiger partial charge < -0.3 is 19.7 Å². The molecule has 7 atom stereocenters. The Kier molecular flexibility index (Phi) is 9.13. The zero-order valence-corrected chi connectivity index (χ0v) is 22.9. The number of aryl methyl sites for hydroxylation is 1. The highest BCUT2D eigenvalue weighted by Gasteiger charge is 2.57. The van der Waals surface area contributed by atoms with Crippen LogP contribution in [0.5, 0.6) is 0 Å². The number of carbonyl (C=O) groups excluding carboxylic acids is 2. The van der Waals surface area contributed by atoms with Crippen LogP contribution in [0.3, 0.4) is 0 Å². The minimum Gasteiger partial charge on any atom is -0.458 e. The monoisotopic (exact) mass is 525 g/mol. The molecule has 1 aromatic rings. The predicted octanol–water partition coefficient (Wildman–Crippen LogP) is 4.43. The number of fused-ring (bicyclic) bond motifs is 1. The highest BCUT2D eigenvalue weighted by molar-refractivity contribution is 7.09. The minimum atomic E-state index is -1.29. The maximum Gasteiger partial charge on any atom is 0.309 e. The number of rotatable bonds is 3. The summed E-state index contributed by atoms with van der Waals surface area (Å²) < 4.78 is 25.7. The first-order valence-electron chi connectivity index (χ1n) is 12.7. The maximum absolute atomic E-state index is 14.1. The summed E-state index contributed by atoms with van der Waals surface area (Å²) in [6, 6.07) is 0. The van der Waals surface area contributed by atoms with Gasteiger partial charge in [0.2, 0.25) is 0 Å². The van der Waals surface area contributed by atoms with E-state index in [0.29, 0.717) is 19.3 Å². The first-order valence-corrected chi connectivity index (χ1v) is 13.6. The van der Waals surface area contributed by atoms with Gasteiger partial charge in [-0.25, -0.2) is 9.37 Å². The summed E-state index contributed by atoms with van der Waals surface area (Å²) in [7, 11) is 0. The van der Waals surface area contributed by atoms with Crippen LogP contribution in [0.15, 0.2) is 11.0 Å². The van der Waals surface area contributed by atoms with E-state index in [2.05, 4.69) is 4.98 Å². The van der Waals surface area contributed by atoms with Crippen molar-refractivity contribution in [3.63, 3.8) is 0 Å². The molecule has 2 aliphatic rings. The number of aliphatic hydroxyl groups is 2. The van der Waals surface area contributed by atoms with E-state index in [4.69, 9.17) is 9.47 Å². The number of nitrogens with zero attached hydrogens (tertiary/aromatic N) is 1. The first-order chi connectivity index (χ1) is 16.8. The van der Waals surface area contributed by atoms with Gasteiger partial charge in [-0.05, 0) is 44.3 Å². The number of aromatic nitrogens is 1. The van der Waals surface area contributed by atoms with Gasteiger partial charge in [0.05, 0.1) is 40.8 Å². The van der Waals surface area contributed by atoms with Crippen LogP contribution in [-0.2, 0) is 19.1 Å². The normalized spacial score (nSPS) is 36.8. The number of alkyl halides is 1. The van der Waals surface area contributed by atoms with Crippen LogP contribution < -0.4 is 0 Å². The molecule has 0 bridgehead atoms. The highest BCUT2D eigenvalue weighted by Crippen LogP contribution is 2.46. The van der Waals surface area contributed by atoms with Crippen LogP contribution in [0.4, 0.5) is 4.39 Å². The number of cyclic esters (lactones) is 1. The lowest BCUT2D eigenvalue weighted by Crippen LogP contribution is -2.45. The lowest BCUT2D eigenvalue weighted by Gasteiger charge is -2.34. The summed E-state index contributed by atoms with van der Waals surface area (Å²) in [5.74, 6) is -1.89. The molecule has 1 aromatic heterocycles. The predicted molar refractivity (Wildman–Crippen MR) is 136 cm³/mol. The highest BCUT2D eigenvalue weighted by atomic mass is 32.1. The molecular weight excluding hydrogens is 485 g/mol. The van der Waals surface area contributed by atoms with Gasteiger partial charge in [0, 0.05) is 17.7 Å². The first kappa shape index (κ1) is 28.9. The van der Waals surface area contributed by atoms with Gasteiger partial charge in [0.15, 0.2) is 0 Å². The zero-order chi connectivity index (χ0) is 26.8. The summed E-state index contributed by atoms with van der Waals surface area (Å²) in [6.07, 6.45) is 0.179. The van der Waals surface area contributed by atoms with E-state index < -0.39 is 54.0 Å². The Hall–Kier alpha value is -1.68. The molecule has 2 fully saturated rings. The Bertz CT molecular complexity index is 977. The number of ether oxygens (including phenoxy) is 2. The molecule has 0 spiro atoms. The second-order valence-corrected chi connectivity index (χ2v) is 12.2. The van der Waals surface area contributed by atoms with Crippen molar-refractivity contribution in [2.24, 2.45) is 17.3 Å². The van der Waals surface area contributed by atoms with E-state index in [0.717, 1.165) is 16.3 Å². The molecule has 2 aliphatic heterocycles. The molecule has 3 heterocycles. The van der Waals surface area contributed by atoms with Crippen LogP contribution in [0.25, 0.3) is 6.08 Å². The van der Waals surface area contributed by atoms with E-state index in [1.54, 1.807) is 20.8 Å². The largest absolute Gasteiger partial charge is 0.458 e. The lowest BCUT2D eigenvalue weighted by molar-refractivity contribution is -0.154. The van der Waals surface area contributed by atoms with Crippen molar-refractivity contribution >= 4 is 29.2 Å². The topological polar surface area (TPSA) is 109 Å². The smallest absolute Gasteiger partial charge is 0.309 e. The Morgan fingerprint density at radius 3 is 2.61 bits per heavy atom. The van der Waals surface area contributed by atoms with Gasteiger partial charge in [0.1, 0.15) is 24.2 Å². The molecule has 9 heteroatoms. The zero-order valence-electron chi connectivity index (χ0n) is 22.1. The number of hydrogen-bond donors (Lipinski definition) is 2. The minimum absolute atomic E-state index is 0.192. The maximum atomic E-state index is 14.1. The summed E-state index contributed by atoms with van der Waals surface area (Å²) in [5, 5.41) is 24.5. The summed E-state index contributed by atoms with van der Waals surface area (Å²) >= 11 is 1.51. The van der Waals surface area contributed by atoms with Gasteiger partial charge in [-0.1, -0.05) is 34.1 Å². The standard InChI is InChI=1S/C27H40FNO6S/c1-15-8-7-9-27(14-28)22(35-27)11-20(16(2)10-19-13-36-18(4)29-19)34-23(31)12-21(30)26(5,6)25(33)17(3)24(15)32/h10,13,15,17,20-22,24,30,32H,7-9,11-12,14H2,1-6H3/b16-10+/t15-,17+,20-,21-,22-,24-,27-/m0/s1. The Morgan fingerprint density at radius 2 is 2.00 bits per heavy atom. The molecule has 36 heavy (non-hydrogen) atoms. The third kappa shape index (κ3) is 6.41. The van der Waals surface area contributed by atoms with Crippen molar-refractivity contribution in [1.29, 1.82) is 0 Å². The van der Waals surface area contributed by atoms with Crippen LogP contribution in [0.2, 0.25) is 0 Å². The fourth-order valence-corrected chi connectivity index (χ4v) is 5.69. The Balaban J connectivity index is 1.88. The molecule has 2 N–H and O–H groups in total. The van der Waals surface area contributed by atoms with Gasteiger partial charge >= 0.3 is 5.97 Å². The van der Waals surface area contributed by atoms with E-state index in [-0.39, 0.29) is 24.5 Å². The van der Waals surface area contributed by atoms with Crippen LogP contribution >= 0.6 is 11.3 Å². The van der Waals surface area contributed by atoms with Crippen molar-refractivity contribution in [1.82, 2.24) is 4.98 Å². The number of halogens is 1. The SMILES string of the molecule is C/C(=C\c1csc(C)n1)[C@@H]1C[C@@H]2O[C@]2(CF)CCC[C@H](C)[C@H](O)[C@@H](C)C(=O)C(C)(C)[C@@H](O)CC(=O)O1. The average molecular weight is 526 g/mol. The van der Waals surface area contributed by atoms with E-state index in [1.165, 1.54) is 11.3 Å². The van der Waals surface area contributed by atoms with Gasteiger partial charge in [0.25, 0.3) is 0 Å². The van der Waals surface area contributed by atoms with E-state index in [9.17, 15) is 24.2 Å². The van der Waals surface area contributed by atoms with Crippen LogP contribution in [0.1, 0.15) is 77.4 Å². The number of ketones is 1. The fourth-order valence-electron chi connectivity index (χ4n) is 5.12. The number of epoxide rings is 1. The number of aliphatic hydroxyl groups excluding tert-OH is 2. The van der Waals surface area contributed by atoms with Crippen LogP contribution in [-0.4, -0.2) is 63.6 Å². The quantitative estimate of drug-likeness (QED) is 0.444. The van der Waals surface area contributed by atoms with Gasteiger partial charge in [-0.15, -0.1) is 11.3 Å². The summed E-state index contributed by atoms with van der Waals surface area (Å²) in [5.41, 5.74) is -0.682. The van der Waals surface area contributed by atoms with Gasteiger partial charge in [-0.2, -0.15) is 0 Å². The second-order valence-electron chi connectivity index (χ2n) is 11.2.